The van der Waals surface area contributed by atoms with E-state index in [1.54, 1.807) is 0 Å². The van der Waals surface area contributed by atoms with Crippen LogP contribution in [0.25, 0.3) is 0 Å². The van der Waals surface area contributed by atoms with E-state index in [0.29, 0.717) is 19.5 Å². The molecule has 1 aliphatic heterocycles. The third kappa shape index (κ3) is 2.36. The number of hydrogen-bond donors (Lipinski definition) is 1. The van der Waals surface area contributed by atoms with E-state index in [1.807, 2.05) is 30.0 Å². The summed E-state index contributed by atoms with van der Waals surface area (Å²) in [6.07, 6.45) is 0.494. The molecule has 2 rings (SSSR count). The average Bonchev–Trinajstić information content (AvgIpc) is 2.13. The Hall–Kier alpha value is -1.35. The van der Waals surface area contributed by atoms with Gasteiger partial charge in [-0.1, -0.05) is 29.8 Å². The summed E-state index contributed by atoms with van der Waals surface area (Å²) in [5, 5.41) is 0. The first kappa shape index (κ1) is 10.2. The van der Waals surface area contributed by atoms with E-state index in [4.69, 9.17) is 5.73 Å². The number of carbonyl (C=O) groups is 1. The molecular formula is C12H16N2O. The van der Waals surface area contributed by atoms with Crippen molar-refractivity contribution in [3.63, 3.8) is 0 Å². The summed E-state index contributed by atoms with van der Waals surface area (Å²) in [5.41, 5.74) is 7.91. The Labute approximate surface area is 89.9 Å². The van der Waals surface area contributed by atoms with Crippen molar-refractivity contribution >= 4 is 5.91 Å². The smallest absolute Gasteiger partial charge is 0.227 e. The van der Waals surface area contributed by atoms with Crippen molar-refractivity contribution in [2.45, 2.75) is 19.4 Å². The quantitative estimate of drug-likeness (QED) is 0.771. The summed E-state index contributed by atoms with van der Waals surface area (Å²) in [6.45, 7) is 3.46. The van der Waals surface area contributed by atoms with Crippen molar-refractivity contribution in [2.75, 3.05) is 13.1 Å². The SMILES string of the molecule is Cc1cccc(CC(=O)N2CC(N)C2)c1. The molecule has 3 heteroatoms. The predicted octanol–water partition coefficient (Wildman–Crippen LogP) is 0.707. The van der Waals surface area contributed by atoms with Gasteiger partial charge < -0.3 is 10.6 Å². The molecule has 80 valence electrons. The largest absolute Gasteiger partial charge is 0.339 e. The monoisotopic (exact) mass is 204 g/mol. The maximum atomic E-state index is 11.7. The minimum Gasteiger partial charge on any atom is -0.339 e. The topological polar surface area (TPSA) is 46.3 Å². The van der Waals surface area contributed by atoms with Crippen LogP contribution in [0.1, 0.15) is 11.1 Å². The first-order chi connectivity index (χ1) is 7.15. The zero-order chi connectivity index (χ0) is 10.8. The molecule has 0 radical (unpaired) electrons. The fourth-order valence-electron chi connectivity index (χ4n) is 1.82. The predicted molar refractivity (Wildman–Crippen MR) is 59.4 cm³/mol. The number of likely N-dealkylation sites (tertiary alicyclic amines) is 1. The maximum Gasteiger partial charge on any atom is 0.227 e. The number of rotatable bonds is 2. The lowest BCUT2D eigenvalue weighted by Gasteiger charge is -2.36. The fourth-order valence-corrected chi connectivity index (χ4v) is 1.82. The van der Waals surface area contributed by atoms with Crippen molar-refractivity contribution in [3.8, 4) is 0 Å². The molecule has 3 nitrogen and oxygen atoms in total. The normalized spacial score (nSPS) is 16.3. The zero-order valence-corrected chi connectivity index (χ0v) is 8.94. The van der Waals surface area contributed by atoms with E-state index in [2.05, 4.69) is 6.07 Å². The molecule has 0 bridgehead atoms. The number of hydrogen-bond acceptors (Lipinski definition) is 2. The molecule has 0 aliphatic carbocycles. The van der Waals surface area contributed by atoms with Gasteiger partial charge in [0.2, 0.25) is 5.91 Å². The van der Waals surface area contributed by atoms with Crippen LogP contribution in [0.4, 0.5) is 0 Å². The second kappa shape index (κ2) is 4.03. The van der Waals surface area contributed by atoms with E-state index in [-0.39, 0.29) is 11.9 Å². The maximum absolute atomic E-state index is 11.7. The molecule has 1 aliphatic rings. The molecule has 1 amide bonds. The second-order valence-corrected chi connectivity index (χ2v) is 4.22. The molecule has 0 spiro atoms. The van der Waals surface area contributed by atoms with E-state index in [9.17, 15) is 4.79 Å². The standard InChI is InChI=1S/C12H16N2O/c1-9-3-2-4-10(5-9)6-12(15)14-7-11(13)8-14/h2-5,11H,6-8,13H2,1H3. The molecule has 1 heterocycles. The summed E-state index contributed by atoms with van der Waals surface area (Å²) >= 11 is 0. The van der Waals surface area contributed by atoms with Crippen LogP contribution >= 0.6 is 0 Å². The Balaban J connectivity index is 1.94. The molecule has 1 fully saturated rings. The highest BCUT2D eigenvalue weighted by atomic mass is 16.2. The summed E-state index contributed by atoms with van der Waals surface area (Å²) in [5.74, 6) is 0.183. The highest BCUT2D eigenvalue weighted by molar-refractivity contribution is 5.79. The third-order valence-corrected chi connectivity index (χ3v) is 2.70. The molecule has 15 heavy (non-hydrogen) atoms. The van der Waals surface area contributed by atoms with Gasteiger partial charge >= 0.3 is 0 Å². The van der Waals surface area contributed by atoms with Gasteiger partial charge in [-0.05, 0) is 12.5 Å². The van der Waals surface area contributed by atoms with Gasteiger partial charge in [-0.2, -0.15) is 0 Å². The third-order valence-electron chi connectivity index (χ3n) is 2.70. The molecule has 0 atom stereocenters. The Morgan fingerprint density at radius 1 is 1.53 bits per heavy atom. The van der Waals surface area contributed by atoms with E-state index >= 15 is 0 Å². The van der Waals surface area contributed by atoms with Gasteiger partial charge in [0, 0.05) is 19.1 Å². The van der Waals surface area contributed by atoms with E-state index in [0.717, 1.165) is 5.56 Å². The molecule has 1 saturated heterocycles. The van der Waals surface area contributed by atoms with Gasteiger partial charge in [-0.3, -0.25) is 4.79 Å². The minimum absolute atomic E-state index is 0.183. The van der Waals surface area contributed by atoms with Crippen LogP contribution in [0.2, 0.25) is 0 Å². The van der Waals surface area contributed by atoms with Gasteiger partial charge in [0.15, 0.2) is 0 Å². The van der Waals surface area contributed by atoms with E-state index < -0.39 is 0 Å². The van der Waals surface area contributed by atoms with Crippen molar-refractivity contribution in [1.29, 1.82) is 0 Å². The fraction of sp³-hybridized carbons (Fsp3) is 0.417. The summed E-state index contributed by atoms with van der Waals surface area (Å²) in [6, 6.07) is 8.25. The Bertz CT molecular complexity index is 370. The molecular weight excluding hydrogens is 188 g/mol. The summed E-state index contributed by atoms with van der Waals surface area (Å²) in [7, 11) is 0. The van der Waals surface area contributed by atoms with Crippen LogP contribution in [0.15, 0.2) is 24.3 Å². The van der Waals surface area contributed by atoms with Crippen molar-refractivity contribution < 1.29 is 4.79 Å². The number of nitrogens with zero attached hydrogens (tertiary/aromatic N) is 1. The number of amides is 1. The van der Waals surface area contributed by atoms with Crippen LogP contribution in [0.5, 0.6) is 0 Å². The van der Waals surface area contributed by atoms with Crippen LogP contribution in [0.3, 0.4) is 0 Å². The summed E-state index contributed by atoms with van der Waals surface area (Å²) in [4.78, 5) is 13.5. The molecule has 2 N–H and O–H groups in total. The lowest BCUT2D eigenvalue weighted by molar-refractivity contribution is -0.134. The van der Waals surface area contributed by atoms with Gasteiger partial charge in [0.25, 0.3) is 0 Å². The van der Waals surface area contributed by atoms with E-state index in [1.165, 1.54) is 5.56 Å². The van der Waals surface area contributed by atoms with Gasteiger partial charge in [-0.15, -0.1) is 0 Å². The van der Waals surface area contributed by atoms with Gasteiger partial charge in [0.1, 0.15) is 0 Å². The highest BCUT2D eigenvalue weighted by Gasteiger charge is 2.27. The lowest BCUT2D eigenvalue weighted by atomic mass is 10.1. The average molecular weight is 204 g/mol. The van der Waals surface area contributed by atoms with Gasteiger partial charge in [-0.25, -0.2) is 0 Å². The molecule has 0 aromatic heterocycles. The van der Waals surface area contributed by atoms with Crippen LogP contribution in [-0.4, -0.2) is 29.9 Å². The molecule has 1 aromatic rings. The highest BCUT2D eigenvalue weighted by Crippen LogP contribution is 2.10. The number of benzene rings is 1. The van der Waals surface area contributed by atoms with Crippen molar-refractivity contribution in [1.82, 2.24) is 4.90 Å². The molecule has 0 saturated carbocycles. The Morgan fingerprint density at radius 2 is 2.27 bits per heavy atom. The molecule has 0 unspecified atom stereocenters. The van der Waals surface area contributed by atoms with Crippen LogP contribution in [0, 0.1) is 6.92 Å². The number of carbonyl (C=O) groups excluding carboxylic acids is 1. The second-order valence-electron chi connectivity index (χ2n) is 4.22. The molecule has 1 aromatic carbocycles. The first-order valence-electron chi connectivity index (χ1n) is 5.24. The van der Waals surface area contributed by atoms with Crippen LogP contribution < -0.4 is 5.73 Å². The van der Waals surface area contributed by atoms with Crippen molar-refractivity contribution in [3.05, 3.63) is 35.4 Å². The van der Waals surface area contributed by atoms with Gasteiger partial charge in [0.05, 0.1) is 6.42 Å². The first-order valence-corrected chi connectivity index (χ1v) is 5.24. The van der Waals surface area contributed by atoms with Crippen molar-refractivity contribution in [2.24, 2.45) is 5.73 Å². The number of aryl methyl sites for hydroxylation is 1. The number of nitrogens with two attached hydrogens (primary N) is 1. The minimum atomic E-state index is 0.183. The Morgan fingerprint density at radius 3 is 2.87 bits per heavy atom. The van der Waals surface area contributed by atoms with Crippen LogP contribution in [-0.2, 0) is 11.2 Å². The Kier molecular flexibility index (Phi) is 2.73. The zero-order valence-electron chi connectivity index (χ0n) is 8.94. The summed E-state index contributed by atoms with van der Waals surface area (Å²) < 4.78 is 0. The lowest BCUT2D eigenvalue weighted by Crippen LogP contribution is -2.58.